The SMILES string of the molecule is CCOc1ccc2nc(N(C)[C@@H]3COC[C@H]3O)sc2c1. The van der Waals surface area contributed by atoms with Gasteiger partial charge in [0, 0.05) is 7.05 Å². The zero-order valence-electron chi connectivity index (χ0n) is 11.6. The van der Waals surface area contributed by atoms with Crippen molar-refractivity contribution in [1.29, 1.82) is 0 Å². The van der Waals surface area contributed by atoms with Gasteiger partial charge in [-0.25, -0.2) is 4.98 Å². The van der Waals surface area contributed by atoms with E-state index < -0.39 is 6.10 Å². The number of benzene rings is 1. The molecule has 3 rings (SSSR count). The summed E-state index contributed by atoms with van der Waals surface area (Å²) < 4.78 is 11.9. The van der Waals surface area contributed by atoms with Crippen LogP contribution in [0.5, 0.6) is 5.75 Å². The van der Waals surface area contributed by atoms with E-state index in [0.717, 1.165) is 21.1 Å². The molecule has 1 fully saturated rings. The minimum absolute atomic E-state index is 0.0260. The Morgan fingerprint density at radius 3 is 3.05 bits per heavy atom. The Balaban J connectivity index is 1.88. The van der Waals surface area contributed by atoms with Crippen molar-refractivity contribution >= 4 is 26.7 Å². The Labute approximate surface area is 121 Å². The van der Waals surface area contributed by atoms with Gasteiger partial charge in [0.2, 0.25) is 0 Å². The monoisotopic (exact) mass is 294 g/mol. The molecule has 1 saturated heterocycles. The lowest BCUT2D eigenvalue weighted by atomic mass is 10.2. The topological polar surface area (TPSA) is 54.8 Å². The zero-order chi connectivity index (χ0) is 14.1. The van der Waals surface area contributed by atoms with Crippen LogP contribution in [-0.4, -0.2) is 49.1 Å². The van der Waals surface area contributed by atoms with Gasteiger partial charge < -0.3 is 19.5 Å². The first-order valence-corrected chi connectivity index (χ1v) is 7.52. The summed E-state index contributed by atoms with van der Waals surface area (Å²) in [5.41, 5.74) is 0.953. The fourth-order valence-electron chi connectivity index (χ4n) is 2.34. The lowest BCUT2D eigenvalue weighted by Crippen LogP contribution is -2.40. The number of aliphatic hydroxyl groups is 1. The Morgan fingerprint density at radius 1 is 1.50 bits per heavy atom. The van der Waals surface area contributed by atoms with Gasteiger partial charge in [-0.1, -0.05) is 11.3 Å². The highest BCUT2D eigenvalue weighted by Crippen LogP contribution is 2.32. The molecule has 2 heterocycles. The van der Waals surface area contributed by atoms with Crippen LogP contribution in [0.4, 0.5) is 5.13 Å². The predicted molar refractivity (Wildman–Crippen MR) is 79.8 cm³/mol. The van der Waals surface area contributed by atoms with E-state index in [1.165, 1.54) is 0 Å². The van der Waals surface area contributed by atoms with Crippen LogP contribution in [0.3, 0.4) is 0 Å². The van der Waals surface area contributed by atoms with Gasteiger partial charge in [0.1, 0.15) is 5.75 Å². The lowest BCUT2D eigenvalue weighted by Gasteiger charge is -2.24. The molecular weight excluding hydrogens is 276 g/mol. The summed E-state index contributed by atoms with van der Waals surface area (Å²) in [6.07, 6.45) is -0.453. The van der Waals surface area contributed by atoms with E-state index >= 15 is 0 Å². The van der Waals surface area contributed by atoms with Crippen molar-refractivity contribution < 1.29 is 14.6 Å². The highest BCUT2D eigenvalue weighted by atomic mass is 32.1. The first kappa shape index (κ1) is 13.6. The predicted octanol–water partition coefficient (Wildman–Crippen LogP) is 1.89. The summed E-state index contributed by atoms with van der Waals surface area (Å²) in [5, 5.41) is 10.8. The molecule has 2 atom stereocenters. The molecule has 0 bridgehead atoms. The largest absolute Gasteiger partial charge is 0.494 e. The van der Waals surface area contributed by atoms with Crippen LogP contribution < -0.4 is 9.64 Å². The third-order valence-corrected chi connectivity index (χ3v) is 4.59. The molecular formula is C14H18N2O3S. The summed E-state index contributed by atoms with van der Waals surface area (Å²) in [6, 6.07) is 5.88. The molecule has 0 saturated carbocycles. The molecule has 20 heavy (non-hydrogen) atoms. The molecule has 5 nitrogen and oxygen atoms in total. The number of aliphatic hydroxyl groups excluding tert-OH is 1. The van der Waals surface area contributed by atoms with Gasteiger partial charge >= 0.3 is 0 Å². The van der Waals surface area contributed by atoms with Crippen LogP contribution in [0.1, 0.15) is 6.92 Å². The molecule has 0 aliphatic carbocycles. The second-order valence-corrected chi connectivity index (χ2v) is 5.85. The average molecular weight is 294 g/mol. The zero-order valence-corrected chi connectivity index (χ0v) is 12.4. The number of hydrogen-bond acceptors (Lipinski definition) is 6. The van der Waals surface area contributed by atoms with Crippen LogP contribution in [0.15, 0.2) is 18.2 Å². The van der Waals surface area contributed by atoms with Crippen molar-refractivity contribution in [2.45, 2.75) is 19.1 Å². The average Bonchev–Trinajstić information content (AvgIpc) is 3.04. The maximum absolute atomic E-state index is 9.90. The quantitative estimate of drug-likeness (QED) is 0.933. The van der Waals surface area contributed by atoms with Gasteiger partial charge in [0.05, 0.1) is 42.2 Å². The second-order valence-electron chi connectivity index (χ2n) is 4.84. The smallest absolute Gasteiger partial charge is 0.186 e. The van der Waals surface area contributed by atoms with Gasteiger partial charge in [0.15, 0.2) is 5.13 Å². The van der Waals surface area contributed by atoms with E-state index in [0.29, 0.717) is 19.8 Å². The number of aromatic nitrogens is 1. The molecule has 1 N–H and O–H groups in total. The minimum atomic E-state index is -0.453. The first-order valence-electron chi connectivity index (χ1n) is 6.71. The summed E-state index contributed by atoms with van der Waals surface area (Å²) in [7, 11) is 1.95. The van der Waals surface area contributed by atoms with E-state index in [1.807, 2.05) is 37.1 Å². The molecule has 108 valence electrons. The number of likely N-dealkylation sites (N-methyl/N-ethyl adjacent to an activating group) is 1. The normalized spacial score (nSPS) is 22.4. The van der Waals surface area contributed by atoms with Crippen molar-refractivity contribution in [3.8, 4) is 5.75 Å². The molecule has 0 spiro atoms. The lowest BCUT2D eigenvalue weighted by molar-refractivity contribution is 0.124. The first-order chi connectivity index (χ1) is 9.69. The molecule has 0 radical (unpaired) electrons. The van der Waals surface area contributed by atoms with E-state index in [4.69, 9.17) is 9.47 Å². The Bertz CT molecular complexity index is 601. The van der Waals surface area contributed by atoms with Crippen molar-refractivity contribution in [2.24, 2.45) is 0 Å². The minimum Gasteiger partial charge on any atom is -0.494 e. The van der Waals surface area contributed by atoms with Gasteiger partial charge in [-0.3, -0.25) is 0 Å². The fraction of sp³-hybridized carbons (Fsp3) is 0.500. The van der Waals surface area contributed by atoms with Crippen molar-refractivity contribution in [3.05, 3.63) is 18.2 Å². The van der Waals surface area contributed by atoms with Crippen LogP contribution in [0.25, 0.3) is 10.2 Å². The fourth-order valence-corrected chi connectivity index (χ4v) is 3.36. The standard InChI is InChI=1S/C14H18N2O3S/c1-3-19-9-4-5-10-13(6-9)20-14(15-10)16(2)11-7-18-8-12(11)17/h4-6,11-12,17H,3,7-8H2,1-2H3/t11-,12-/m1/s1. The van der Waals surface area contributed by atoms with Crippen molar-refractivity contribution in [2.75, 3.05) is 31.8 Å². The van der Waals surface area contributed by atoms with Crippen LogP contribution in [-0.2, 0) is 4.74 Å². The maximum atomic E-state index is 9.90. The highest BCUT2D eigenvalue weighted by Gasteiger charge is 2.31. The van der Waals surface area contributed by atoms with E-state index in [1.54, 1.807) is 11.3 Å². The molecule has 0 unspecified atom stereocenters. The summed E-state index contributed by atoms with van der Waals surface area (Å²) in [6.45, 7) is 3.56. The van der Waals surface area contributed by atoms with Crippen LogP contribution >= 0.6 is 11.3 Å². The molecule has 1 aliphatic rings. The van der Waals surface area contributed by atoms with Crippen LogP contribution in [0, 0.1) is 0 Å². The Kier molecular flexibility index (Phi) is 3.78. The van der Waals surface area contributed by atoms with Gasteiger partial charge in [-0.05, 0) is 25.1 Å². The van der Waals surface area contributed by atoms with Gasteiger partial charge in [-0.15, -0.1) is 0 Å². The number of ether oxygens (including phenoxy) is 2. The van der Waals surface area contributed by atoms with Crippen molar-refractivity contribution in [1.82, 2.24) is 4.98 Å². The Hall–Kier alpha value is -1.37. The van der Waals surface area contributed by atoms with E-state index in [9.17, 15) is 5.11 Å². The molecule has 0 amide bonds. The van der Waals surface area contributed by atoms with E-state index in [2.05, 4.69) is 4.98 Å². The molecule has 6 heteroatoms. The number of fused-ring (bicyclic) bond motifs is 1. The molecule has 2 aromatic rings. The van der Waals surface area contributed by atoms with Gasteiger partial charge in [0.25, 0.3) is 0 Å². The molecule has 1 aromatic heterocycles. The van der Waals surface area contributed by atoms with Gasteiger partial charge in [-0.2, -0.15) is 0 Å². The Morgan fingerprint density at radius 2 is 2.35 bits per heavy atom. The summed E-state index contributed by atoms with van der Waals surface area (Å²) in [4.78, 5) is 6.62. The third kappa shape index (κ3) is 2.46. The number of nitrogens with zero attached hydrogens (tertiary/aromatic N) is 2. The van der Waals surface area contributed by atoms with E-state index in [-0.39, 0.29) is 6.04 Å². The number of thiazole rings is 1. The second kappa shape index (κ2) is 5.55. The summed E-state index contributed by atoms with van der Waals surface area (Å²) in [5.74, 6) is 0.863. The molecule has 1 aromatic carbocycles. The summed E-state index contributed by atoms with van der Waals surface area (Å²) >= 11 is 1.60. The highest BCUT2D eigenvalue weighted by molar-refractivity contribution is 7.22. The van der Waals surface area contributed by atoms with Crippen LogP contribution in [0.2, 0.25) is 0 Å². The maximum Gasteiger partial charge on any atom is 0.186 e. The molecule has 1 aliphatic heterocycles. The number of rotatable bonds is 4. The number of hydrogen-bond donors (Lipinski definition) is 1. The van der Waals surface area contributed by atoms with Crippen molar-refractivity contribution in [3.63, 3.8) is 0 Å². The third-order valence-electron chi connectivity index (χ3n) is 3.48. The number of anilines is 1.